The summed E-state index contributed by atoms with van der Waals surface area (Å²) in [6.07, 6.45) is 1.69. The predicted molar refractivity (Wildman–Crippen MR) is 196 cm³/mol. The Hall–Kier alpha value is -3.47. The van der Waals surface area contributed by atoms with Crippen molar-refractivity contribution in [3.05, 3.63) is 104 Å². The van der Waals surface area contributed by atoms with Crippen LogP contribution in [0.5, 0.6) is 11.5 Å². The summed E-state index contributed by atoms with van der Waals surface area (Å²) in [5, 5.41) is 9.41. The smallest absolute Gasteiger partial charge is 0.338 e. The average molecular weight is 754 g/mol. The predicted octanol–water partition coefficient (Wildman–Crippen LogP) is 9.89. The minimum Gasteiger partial charge on any atom is -0.490 e. The van der Waals surface area contributed by atoms with Gasteiger partial charge in [0.2, 0.25) is 11.1 Å². The van der Waals surface area contributed by atoms with E-state index in [1.807, 2.05) is 50.2 Å². The Bertz CT molecular complexity index is 1790. The van der Waals surface area contributed by atoms with E-state index in [2.05, 4.69) is 73.2 Å². The third-order valence-corrected chi connectivity index (χ3v) is 9.79. The van der Waals surface area contributed by atoms with Crippen LogP contribution in [0.2, 0.25) is 5.02 Å². The lowest BCUT2D eigenvalue weighted by Gasteiger charge is -2.29. The van der Waals surface area contributed by atoms with Gasteiger partial charge in [0.25, 0.3) is 0 Å². The van der Waals surface area contributed by atoms with Crippen molar-refractivity contribution >= 4 is 51.2 Å². The second kappa shape index (κ2) is 15.8. The van der Waals surface area contributed by atoms with Gasteiger partial charge in [-0.1, -0.05) is 99.9 Å². The van der Waals surface area contributed by atoms with Crippen molar-refractivity contribution in [2.75, 3.05) is 18.5 Å². The molecule has 0 saturated heterocycles. The highest BCUT2D eigenvalue weighted by atomic mass is 79.9. The molecule has 2 heterocycles. The second-order valence-electron chi connectivity index (χ2n) is 12.6. The fourth-order valence-electron chi connectivity index (χ4n) is 5.32. The molecule has 48 heavy (non-hydrogen) atoms. The van der Waals surface area contributed by atoms with Gasteiger partial charge in [0.1, 0.15) is 12.6 Å². The van der Waals surface area contributed by atoms with E-state index in [1.165, 1.54) is 17.3 Å². The molecule has 0 bridgehead atoms. The molecule has 8 nitrogen and oxygen atoms in total. The Kier molecular flexibility index (Phi) is 11.8. The number of halogens is 2. The van der Waals surface area contributed by atoms with E-state index < -0.39 is 12.0 Å². The third-order valence-electron chi connectivity index (χ3n) is 7.95. The van der Waals surface area contributed by atoms with Crippen LogP contribution in [-0.2, 0) is 27.3 Å². The van der Waals surface area contributed by atoms with Gasteiger partial charge in [-0.15, -0.1) is 5.10 Å². The fourth-order valence-corrected chi connectivity index (χ4v) is 7.00. The van der Waals surface area contributed by atoms with Crippen LogP contribution in [0.15, 0.2) is 81.6 Å². The van der Waals surface area contributed by atoms with Crippen LogP contribution in [0.4, 0.5) is 5.95 Å². The van der Waals surface area contributed by atoms with Crippen LogP contribution in [0.3, 0.4) is 0 Å². The van der Waals surface area contributed by atoms with E-state index in [0.29, 0.717) is 68.9 Å². The van der Waals surface area contributed by atoms with Crippen LogP contribution in [-0.4, -0.2) is 33.9 Å². The number of allylic oxidation sites excluding steroid dienone is 1. The van der Waals surface area contributed by atoms with Crippen LogP contribution in [0.25, 0.3) is 0 Å². The van der Waals surface area contributed by atoms with E-state index in [-0.39, 0.29) is 5.41 Å². The molecule has 11 heteroatoms. The standard InChI is InChI=1S/C37H42BrClN4O4S/c1-7-9-18-46-34(44)31-23(3)40-35-41-36(48-22-25-12-10-11-13-29(25)39)42-43(35)32(31)26-19-28(38)33(30(20-26)45-8-2)47-21-24-14-16-27(17-15-24)37(4,5)6/h10-17,19-20,32H,7-9,18,21-22H2,1-6H3,(H,40,41,42). The lowest BCUT2D eigenvalue weighted by atomic mass is 9.87. The van der Waals surface area contributed by atoms with Gasteiger partial charge in [0.05, 0.1) is 23.3 Å². The highest BCUT2D eigenvalue weighted by Gasteiger charge is 2.36. The monoisotopic (exact) mass is 752 g/mol. The summed E-state index contributed by atoms with van der Waals surface area (Å²) < 4.78 is 20.7. The number of esters is 1. The largest absolute Gasteiger partial charge is 0.490 e. The Labute approximate surface area is 300 Å². The number of anilines is 1. The molecule has 1 atom stereocenters. The number of hydrogen-bond acceptors (Lipinski definition) is 8. The quantitative estimate of drug-likeness (QED) is 0.0821. The summed E-state index contributed by atoms with van der Waals surface area (Å²) in [5.41, 5.74) is 5.24. The van der Waals surface area contributed by atoms with Crippen molar-refractivity contribution in [1.82, 2.24) is 14.8 Å². The summed E-state index contributed by atoms with van der Waals surface area (Å²) in [7, 11) is 0. The topological polar surface area (TPSA) is 87.5 Å². The number of benzene rings is 3. The lowest BCUT2D eigenvalue weighted by molar-refractivity contribution is -0.139. The minimum atomic E-state index is -0.632. The number of fused-ring (bicyclic) bond motifs is 1. The highest BCUT2D eigenvalue weighted by Crippen LogP contribution is 2.44. The Morgan fingerprint density at radius 3 is 2.52 bits per heavy atom. The summed E-state index contributed by atoms with van der Waals surface area (Å²) in [6, 6.07) is 19.4. The van der Waals surface area contributed by atoms with Gasteiger partial charge in [-0.25, -0.2) is 9.48 Å². The van der Waals surface area contributed by atoms with E-state index in [1.54, 1.807) is 4.68 Å². The Morgan fingerprint density at radius 1 is 1.08 bits per heavy atom. The van der Waals surface area contributed by atoms with E-state index in [4.69, 9.17) is 35.9 Å². The Morgan fingerprint density at radius 2 is 1.83 bits per heavy atom. The van der Waals surface area contributed by atoms with Gasteiger partial charge in [0, 0.05) is 16.5 Å². The number of carbonyl (C=O) groups excluding carboxylic acids is 1. The number of rotatable bonds is 13. The summed E-state index contributed by atoms with van der Waals surface area (Å²) in [4.78, 5) is 18.5. The minimum absolute atomic E-state index is 0.0716. The van der Waals surface area contributed by atoms with Crippen molar-refractivity contribution < 1.29 is 19.0 Å². The molecule has 3 aromatic carbocycles. The van der Waals surface area contributed by atoms with Gasteiger partial charge in [-0.2, -0.15) is 4.98 Å². The van der Waals surface area contributed by atoms with E-state index in [9.17, 15) is 4.79 Å². The van der Waals surface area contributed by atoms with Gasteiger partial charge in [0.15, 0.2) is 11.5 Å². The van der Waals surface area contributed by atoms with E-state index >= 15 is 0 Å². The van der Waals surface area contributed by atoms with Crippen molar-refractivity contribution in [3.63, 3.8) is 0 Å². The van der Waals surface area contributed by atoms with Crippen molar-refractivity contribution in [1.29, 1.82) is 0 Å². The number of nitrogens with one attached hydrogen (secondary N) is 1. The lowest BCUT2D eigenvalue weighted by Crippen LogP contribution is -2.30. The summed E-state index contributed by atoms with van der Waals surface area (Å²) >= 11 is 11.6. The molecule has 5 rings (SSSR count). The molecule has 0 radical (unpaired) electrons. The zero-order chi connectivity index (χ0) is 34.4. The molecule has 0 saturated carbocycles. The third kappa shape index (κ3) is 8.39. The first-order valence-electron chi connectivity index (χ1n) is 16.2. The molecule has 1 unspecified atom stereocenters. The van der Waals surface area contributed by atoms with Crippen LogP contribution in [0.1, 0.15) is 82.7 Å². The van der Waals surface area contributed by atoms with Crippen molar-refractivity contribution in [2.24, 2.45) is 0 Å². The number of nitrogens with zero attached hydrogens (tertiary/aromatic N) is 3. The van der Waals surface area contributed by atoms with Crippen LogP contribution >= 0.6 is 39.3 Å². The normalized spacial score (nSPS) is 14.4. The highest BCUT2D eigenvalue weighted by molar-refractivity contribution is 9.10. The maximum Gasteiger partial charge on any atom is 0.338 e. The molecule has 1 aliphatic rings. The number of unbranched alkanes of at least 4 members (excludes halogenated alkanes) is 1. The van der Waals surface area contributed by atoms with E-state index in [0.717, 1.165) is 29.5 Å². The second-order valence-corrected chi connectivity index (χ2v) is 14.8. The number of thioether (sulfide) groups is 1. The van der Waals surface area contributed by atoms with Gasteiger partial charge in [-0.3, -0.25) is 0 Å². The fraction of sp³-hybridized carbons (Fsp3) is 0.378. The average Bonchev–Trinajstić information content (AvgIpc) is 3.45. The number of hydrogen-bond donors (Lipinski definition) is 1. The molecular weight excluding hydrogens is 712 g/mol. The molecule has 0 aliphatic carbocycles. The van der Waals surface area contributed by atoms with Gasteiger partial charge in [-0.05, 0) is 82.1 Å². The molecule has 1 aromatic heterocycles. The number of carbonyl (C=O) groups is 1. The zero-order valence-electron chi connectivity index (χ0n) is 28.2. The molecule has 1 N–H and O–H groups in total. The van der Waals surface area contributed by atoms with Crippen LogP contribution in [0, 0.1) is 0 Å². The summed E-state index contributed by atoms with van der Waals surface area (Å²) in [5.74, 6) is 1.85. The van der Waals surface area contributed by atoms with Crippen molar-refractivity contribution in [2.45, 2.75) is 83.4 Å². The zero-order valence-corrected chi connectivity index (χ0v) is 31.4. The molecule has 254 valence electrons. The van der Waals surface area contributed by atoms with Crippen molar-refractivity contribution in [3.8, 4) is 11.5 Å². The maximum atomic E-state index is 13.7. The maximum absolute atomic E-state index is 13.7. The van der Waals surface area contributed by atoms with Gasteiger partial charge < -0.3 is 19.5 Å². The number of aromatic nitrogens is 3. The summed E-state index contributed by atoms with van der Waals surface area (Å²) in [6.45, 7) is 13.6. The molecule has 4 aromatic rings. The number of ether oxygens (including phenoxy) is 3. The first kappa shape index (κ1) is 35.8. The molecule has 0 spiro atoms. The van der Waals surface area contributed by atoms with Gasteiger partial charge >= 0.3 is 5.97 Å². The molecule has 0 amide bonds. The first-order chi connectivity index (χ1) is 23.0. The molecule has 1 aliphatic heterocycles. The Balaban J connectivity index is 1.49. The molecular formula is C37H42BrClN4O4S. The first-order valence-corrected chi connectivity index (χ1v) is 18.3. The van der Waals surface area contributed by atoms with Crippen LogP contribution < -0.4 is 14.8 Å². The SMILES string of the molecule is CCCCOC(=O)C1=C(C)Nc2nc(SCc3ccccc3Cl)nn2C1c1cc(Br)c(OCc2ccc(C(C)(C)C)cc2)c(OCC)c1. The molecule has 0 fully saturated rings.